The van der Waals surface area contributed by atoms with Crippen molar-refractivity contribution in [2.24, 2.45) is 5.92 Å². The highest BCUT2D eigenvalue weighted by Crippen LogP contribution is 2.13. The average molecular weight is 217 g/mol. The lowest BCUT2D eigenvalue weighted by Crippen LogP contribution is -2.15. The summed E-state index contributed by atoms with van der Waals surface area (Å²) in [5, 5.41) is 12.1. The fraction of sp³-hybridized carbons (Fsp3) is 0.538. The van der Waals surface area contributed by atoms with E-state index in [-0.39, 0.29) is 0 Å². The SMILES string of the molecule is CC(C)CCC(C)Nc1ccnc(C#N)c1. The molecule has 1 atom stereocenters. The summed E-state index contributed by atoms with van der Waals surface area (Å²) in [6.07, 6.45) is 4.02. The van der Waals surface area contributed by atoms with Crippen molar-refractivity contribution in [3.8, 4) is 6.07 Å². The fourth-order valence-electron chi connectivity index (χ4n) is 1.52. The predicted molar refractivity (Wildman–Crippen MR) is 66.1 cm³/mol. The van der Waals surface area contributed by atoms with Gasteiger partial charge in [-0.3, -0.25) is 0 Å². The van der Waals surface area contributed by atoms with Crippen LogP contribution in [0.15, 0.2) is 18.3 Å². The Labute approximate surface area is 97.5 Å². The lowest BCUT2D eigenvalue weighted by Gasteiger charge is -2.16. The molecule has 1 unspecified atom stereocenters. The fourth-order valence-corrected chi connectivity index (χ4v) is 1.52. The molecular formula is C13H19N3. The van der Waals surface area contributed by atoms with Gasteiger partial charge in [-0.25, -0.2) is 4.98 Å². The van der Waals surface area contributed by atoms with Crippen LogP contribution in [-0.4, -0.2) is 11.0 Å². The van der Waals surface area contributed by atoms with Gasteiger partial charge in [-0.05, 0) is 37.8 Å². The molecule has 0 fully saturated rings. The second-order valence-corrected chi connectivity index (χ2v) is 4.56. The molecule has 16 heavy (non-hydrogen) atoms. The summed E-state index contributed by atoms with van der Waals surface area (Å²) >= 11 is 0. The lowest BCUT2D eigenvalue weighted by molar-refractivity contribution is 0.527. The molecular weight excluding hydrogens is 198 g/mol. The summed E-state index contributed by atoms with van der Waals surface area (Å²) in [5.41, 5.74) is 1.43. The van der Waals surface area contributed by atoms with E-state index in [9.17, 15) is 0 Å². The highest BCUT2D eigenvalue weighted by atomic mass is 14.9. The van der Waals surface area contributed by atoms with Crippen LogP contribution in [0.2, 0.25) is 0 Å². The third-order valence-electron chi connectivity index (χ3n) is 2.46. The van der Waals surface area contributed by atoms with E-state index in [4.69, 9.17) is 5.26 Å². The first kappa shape index (κ1) is 12.5. The van der Waals surface area contributed by atoms with Crippen LogP contribution < -0.4 is 5.32 Å². The molecule has 1 rings (SSSR count). The zero-order valence-corrected chi connectivity index (χ0v) is 10.2. The number of aromatic nitrogens is 1. The van der Waals surface area contributed by atoms with Crippen molar-refractivity contribution < 1.29 is 0 Å². The van der Waals surface area contributed by atoms with Crippen LogP contribution >= 0.6 is 0 Å². The molecule has 0 bridgehead atoms. The first-order valence-electron chi connectivity index (χ1n) is 5.74. The monoisotopic (exact) mass is 217 g/mol. The molecule has 0 spiro atoms. The molecule has 0 radical (unpaired) electrons. The van der Waals surface area contributed by atoms with E-state index in [0.717, 1.165) is 18.0 Å². The van der Waals surface area contributed by atoms with Gasteiger partial charge < -0.3 is 5.32 Å². The highest BCUT2D eigenvalue weighted by Gasteiger charge is 2.04. The molecule has 0 amide bonds. The Morgan fingerprint density at radius 2 is 2.12 bits per heavy atom. The van der Waals surface area contributed by atoms with Crippen molar-refractivity contribution in [2.45, 2.75) is 39.7 Å². The average Bonchev–Trinajstić information content (AvgIpc) is 2.26. The van der Waals surface area contributed by atoms with E-state index in [1.165, 1.54) is 6.42 Å². The summed E-state index contributed by atoms with van der Waals surface area (Å²) in [6, 6.07) is 6.15. The van der Waals surface area contributed by atoms with Gasteiger partial charge in [-0.15, -0.1) is 0 Å². The van der Waals surface area contributed by atoms with E-state index in [0.29, 0.717) is 11.7 Å². The molecule has 0 aliphatic carbocycles. The molecule has 3 heteroatoms. The summed E-state index contributed by atoms with van der Waals surface area (Å²) in [6.45, 7) is 6.62. The number of rotatable bonds is 5. The predicted octanol–water partition coefficient (Wildman–Crippen LogP) is 3.19. The van der Waals surface area contributed by atoms with Crippen LogP contribution in [0.25, 0.3) is 0 Å². The minimum Gasteiger partial charge on any atom is -0.382 e. The van der Waals surface area contributed by atoms with Crippen molar-refractivity contribution >= 4 is 5.69 Å². The Hall–Kier alpha value is -1.56. The van der Waals surface area contributed by atoms with Gasteiger partial charge in [0.05, 0.1) is 0 Å². The Kier molecular flexibility index (Phi) is 4.78. The Morgan fingerprint density at radius 3 is 2.75 bits per heavy atom. The number of nitrogens with zero attached hydrogens (tertiary/aromatic N) is 2. The standard InChI is InChI=1S/C13H19N3/c1-10(2)4-5-11(3)16-12-6-7-15-13(8-12)9-14/h6-8,10-11H,4-5H2,1-3H3,(H,15,16). The first-order valence-corrected chi connectivity index (χ1v) is 5.74. The van der Waals surface area contributed by atoms with Crippen molar-refractivity contribution in [3.05, 3.63) is 24.0 Å². The van der Waals surface area contributed by atoms with E-state index < -0.39 is 0 Å². The molecule has 0 aliphatic rings. The van der Waals surface area contributed by atoms with Gasteiger partial charge >= 0.3 is 0 Å². The maximum absolute atomic E-state index is 8.73. The first-order chi connectivity index (χ1) is 7.61. The van der Waals surface area contributed by atoms with E-state index in [1.807, 2.05) is 12.1 Å². The second-order valence-electron chi connectivity index (χ2n) is 4.56. The van der Waals surface area contributed by atoms with E-state index in [1.54, 1.807) is 12.3 Å². The molecule has 1 N–H and O–H groups in total. The quantitative estimate of drug-likeness (QED) is 0.824. The molecule has 86 valence electrons. The molecule has 1 aromatic rings. The molecule has 0 aromatic carbocycles. The maximum atomic E-state index is 8.73. The largest absolute Gasteiger partial charge is 0.382 e. The van der Waals surface area contributed by atoms with Crippen LogP contribution in [0.4, 0.5) is 5.69 Å². The lowest BCUT2D eigenvalue weighted by atomic mass is 10.0. The van der Waals surface area contributed by atoms with Crippen LogP contribution in [0.1, 0.15) is 39.3 Å². The number of nitrogens with one attached hydrogen (secondary N) is 1. The molecule has 0 saturated heterocycles. The van der Waals surface area contributed by atoms with Crippen LogP contribution in [0.5, 0.6) is 0 Å². The minimum atomic E-state index is 0.427. The summed E-state index contributed by atoms with van der Waals surface area (Å²) in [7, 11) is 0. The Bertz CT molecular complexity index is 366. The molecule has 1 aromatic heterocycles. The molecule has 0 aliphatic heterocycles. The molecule has 0 saturated carbocycles. The van der Waals surface area contributed by atoms with Gasteiger partial charge in [0.1, 0.15) is 11.8 Å². The van der Waals surface area contributed by atoms with Crippen LogP contribution in [0.3, 0.4) is 0 Å². The van der Waals surface area contributed by atoms with Gasteiger partial charge in [0.2, 0.25) is 0 Å². The van der Waals surface area contributed by atoms with E-state index in [2.05, 4.69) is 31.1 Å². The summed E-state index contributed by atoms with van der Waals surface area (Å²) in [4.78, 5) is 3.94. The number of anilines is 1. The second kappa shape index (κ2) is 6.12. The highest BCUT2D eigenvalue weighted by molar-refractivity contribution is 5.46. The number of pyridine rings is 1. The van der Waals surface area contributed by atoms with Crippen molar-refractivity contribution in [1.82, 2.24) is 4.98 Å². The van der Waals surface area contributed by atoms with Crippen molar-refractivity contribution in [1.29, 1.82) is 5.26 Å². The smallest absolute Gasteiger partial charge is 0.142 e. The number of nitriles is 1. The van der Waals surface area contributed by atoms with Gasteiger partial charge in [0.15, 0.2) is 0 Å². The maximum Gasteiger partial charge on any atom is 0.142 e. The molecule has 3 nitrogen and oxygen atoms in total. The molecule has 1 heterocycles. The van der Waals surface area contributed by atoms with Gasteiger partial charge in [0, 0.05) is 17.9 Å². The minimum absolute atomic E-state index is 0.427. The number of hydrogen-bond acceptors (Lipinski definition) is 3. The normalized spacial score (nSPS) is 12.2. The summed E-state index contributed by atoms with van der Waals surface area (Å²) in [5.74, 6) is 0.733. The Balaban J connectivity index is 2.49. The van der Waals surface area contributed by atoms with Crippen LogP contribution in [0, 0.1) is 17.2 Å². The van der Waals surface area contributed by atoms with Gasteiger partial charge in [0.25, 0.3) is 0 Å². The Morgan fingerprint density at radius 1 is 1.38 bits per heavy atom. The topological polar surface area (TPSA) is 48.7 Å². The van der Waals surface area contributed by atoms with Crippen molar-refractivity contribution in [2.75, 3.05) is 5.32 Å². The third-order valence-corrected chi connectivity index (χ3v) is 2.46. The number of hydrogen-bond donors (Lipinski definition) is 1. The van der Waals surface area contributed by atoms with Gasteiger partial charge in [-0.1, -0.05) is 13.8 Å². The zero-order chi connectivity index (χ0) is 12.0. The van der Waals surface area contributed by atoms with Crippen LogP contribution in [-0.2, 0) is 0 Å². The zero-order valence-electron chi connectivity index (χ0n) is 10.2. The van der Waals surface area contributed by atoms with Crippen molar-refractivity contribution in [3.63, 3.8) is 0 Å². The van der Waals surface area contributed by atoms with E-state index >= 15 is 0 Å². The third kappa shape index (κ3) is 4.31. The summed E-state index contributed by atoms with van der Waals surface area (Å²) < 4.78 is 0. The van der Waals surface area contributed by atoms with Gasteiger partial charge in [-0.2, -0.15) is 5.26 Å².